The zero-order valence-corrected chi connectivity index (χ0v) is 22.0. The first-order valence-electron chi connectivity index (χ1n) is 12.6. The molecule has 1 aromatic heterocycles. The van der Waals surface area contributed by atoms with Gasteiger partial charge in [0.1, 0.15) is 18.2 Å². The molecule has 5 nitrogen and oxygen atoms in total. The van der Waals surface area contributed by atoms with Crippen LogP contribution in [0.25, 0.3) is 11.0 Å². The summed E-state index contributed by atoms with van der Waals surface area (Å²) in [6.07, 6.45) is 1.94. The van der Waals surface area contributed by atoms with Crippen LogP contribution in [-0.2, 0) is 24.2 Å². The van der Waals surface area contributed by atoms with Gasteiger partial charge in [-0.1, -0.05) is 61.8 Å². The fourth-order valence-corrected chi connectivity index (χ4v) is 4.51. The Morgan fingerprint density at radius 3 is 2.64 bits per heavy atom. The highest BCUT2D eigenvalue weighted by Gasteiger charge is 2.13. The Bertz CT molecular complexity index is 1310. The number of imidazole rings is 1. The number of carbonyl (C=O) groups excluding carboxylic acids is 1. The fraction of sp³-hybridized carbons (Fsp3) is 0.333. The van der Waals surface area contributed by atoms with E-state index >= 15 is 0 Å². The van der Waals surface area contributed by atoms with Crippen molar-refractivity contribution >= 4 is 28.5 Å². The molecule has 36 heavy (non-hydrogen) atoms. The lowest BCUT2D eigenvalue weighted by Gasteiger charge is -2.16. The summed E-state index contributed by atoms with van der Waals surface area (Å²) in [4.78, 5) is 17.2. The van der Waals surface area contributed by atoms with Gasteiger partial charge in [-0.25, -0.2) is 4.98 Å². The summed E-state index contributed by atoms with van der Waals surface area (Å²) in [5.41, 5.74) is 5.47. The van der Waals surface area contributed by atoms with Crippen LogP contribution in [0, 0.1) is 6.92 Å². The van der Waals surface area contributed by atoms with Crippen molar-refractivity contribution in [3.8, 4) is 5.75 Å². The van der Waals surface area contributed by atoms with Crippen molar-refractivity contribution in [3.05, 3.63) is 94.3 Å². The molecule has 188 valence electrons. The van der Waals surface area contributed by atoms with Gasteiger partial charge < -0.3 is 14.6 Å². The summed E-state index contributed by atoms with van der Waals surface area (Å²) in [5.74, 6) is 2.39. The van der Waals surface area contributed by atoms with Crippen LogP contribution in [0.3, 0.4) is 0 Å². The molecule has 0 radical (unpaired) electrons. The van der Waals surface area contributed by atoms with Crippen LogP contribution in [0.15, 0.2) is 66.7 Å². The van der Waals surface area contributed by atoms with Crippen molar-refractivity contribution in [2.45, 2.75) is 52.5 Å². The standard InChI is InChI=1S/C30H34ClN3O2/c1-21(2)25-15-10-22(3)19-28(25)36-18-17-34-27-8-5-4-7-26(27)33-29(34)9-6-16-32-30(35)20-23-11-13-24(31)14-12-23/h4-5,7-8,10-15,19,21H,6,9,16-18,20H2,1-3H3,(H,32,35). The second-order valence-corrected chi connectivity index (χ2v) is 9.91. The summed E-state index contributed by atoms with van der Waals surface area (Å²) in [6.45, 7) is 8.35. The first-order valence-corrected chi connectivity index (χ1v) is 13.0. The lowest BCUT2D eigenvalue weighted by molar-refractivity contribution is -0.120. The molecule has 6 heteroatoms. The van der Waals surface area contributed by atoms with Gasteiger partial charge in [0.05, 0.1) is 24.0 Å². The highest BCUT2D eigenvalue weighted by Crippen LogP contribution is 2.27. The van der Waals surface area contributed by atoms with E-state index in [-0.39, 0.29) is 5.91 Å². The zero-order valence-electron chi connectivity index (χ0n) is 21.3. The Morgan fingerprint density at radius 1 is 1.08 bits per heavy atom. The maximum Gasteiger partial charge on any atom is 0.224 e. The molecule has 1 amide bonds. The molecule has 0 fully saturated rings. The number of aromatic nitrogens is 2. The number of rotatable bonds is 11. The van der Waals surface area contributed by atoms with Gasteiger partial charge in [0.25, 0.3) is 0 Å². The number of nitrogens with one attached hydrogen (secondary N) is 1. The third-order valence-electron chi connectivity index (χ3n) is 6.27. The van der Waals surface area contributed by atoms with E-state index in [1.807, 2.05) is 30.3 Å². The van der Waals surface area contributed by atoms with Crippen LogP contribution in [0.4, 0.5) is 0 Å². The summed E-state index contributed by atoms with van der Waals surface area (Å²) in [7, 11) is 0. The van der Waals surface area contributed by atoms with Gasteiger partial charge in [-0.05, 0) is 66.3 Å². The number of ether oxygens (including phenoxy) is 1. The molecular weight excluding hydrogens is 470 g/mol. The van der Waals surface area contributed by atoms with Crippen molar-refractivity contribution < 1.29 is 9.53 Å². The van der Waals surface area contributed by atoms with Crippen LogP contribution < -0.4 is 10.1 Å². The van der Waals surface area contributed by atoms with E-state index in [4.69, 9.17) is 21.3 Å². The van der Waals surface area contributed by atoms with Crippen molar-refractivity contribution in [3.63, 3.8) is 0 Å². The molecule has 0 aliphatic rings. The third-order valence-corrected chi connectivity index (χ3v) is 6.53. The monoisotopic (exact) mass is 503 g/mol. The molecule has 1 heterocycles. The summed E-state index contributed by atoms with van der Waals surface area (Å²) in [6, 6.07) is 22.0. The molecule has 0 unspecified atom stereocenters. The van der Waals surface area contributed by atoms with Crippen molar-refractivity contribution in [1.82, 2.24) is 14.9 Å². The molecule has 0 atom stereocenters. The number of halogens is 1. The quantitative estimate of drug-likeness (QED) is 0.238. The number of aryl methyl sites for hydroxylation is 2. The molecule has 0 aliphatic carbocycles. The summed E-state index contributed by atoms with van der Waals surface area (Å²) >= 11 is 5.92. The third kappa shape index (κ3) is 6.67. The topological polar surface area (TPSA) is 56.1 Å². The molecule has 1 N–H and O–H groups in total. The van der Waals surface area contributed by atoms with Crippen LogP contribution in [0.5, 0.6) is 5.75 Å². The number of amides is 1. The Kier molecular flexibility index (Phi) is 8.65. The fourth-order valence-electron chi connectivity index (χ4n) is 4.38. The summed E-state index contributed by atoms with van der Waals surface area (Å²) in [5, 5.41) is 3.70. The smallest absolute Gasteiger partial charge is 0.224 e. The molecule has 4 rings (SSSR count). The second kappa shape index (κ2) is 12.1. The van der Waals surface area contributed by atoms with Crippen LogP contribution in [0.1, 0.15) is 48.7 Å². The van der Waals surface area contributed by atoms with Crippen LogP contribution >= 0.6 is 11.6 Å². The zero-order chi connectivity index (χ0) is 25.5. The van der Waals surface area contributed by atoms with E-state index in [1.165, 1.54) is 11.1 Å². The lowest BCUT2D eigenvalue weighted by atomic mass is 10.0. The molecular formula is C30H34ClN3O2. The van der Waals surface area contributed by atoms with E-state index in [9.17, 15) is 4.79 Å². The molecule has 0 saturated carbocycles. The SMILES string of the molecule is Cc1ccc(C(C)C)c(OCCn2c(CCCNC(=O)Cc3ccc(Cl)cc3)nc3ccccc32)c1. The number of hydrogen-bond acceptors (Lipinski definition) is 3. The molecule has 4 aromatic rings. The van der Waals surface area contributed by atoms with Crippen molar-refractivity contribution in [2.24, 2.45) is 0 Å². The average Bonchev–Trinajstić information content (AvgIpc) is 3.20. The summed E-state index contributed by atoms with van der Waals surface area (Å²) < 4.78 is 8.51. The van der Waals surface area contributed by atoms with E-state index in [0.29, 0.717) is 37.1 Å². The van der Waals surface area contributed by atoms with Gasteiger partial charge in [-0.3, -0.25) is 4.79 Å². The Hall–Kier alpha value is -3.31. The lowest BCUT2D eigenvalue weighted by Crippen LogP contribution is -2.26. The minimum Gasteiger partial charge on any atom is -0.491 e. The number of fused-ring (bicyclic) bond motifs is 1. The number of para-hydroxylation sites is 2. The second-order valence-electron chi connectivity index (χ2n) is 9.47. The molecule has 3 aromatic carbocycles. The van der Waals surface area contributed by atoms with Crippen molar-refractivity contribution in [1.29, 1.82) is 0 Å². The number of carbonyl (C=O) groups is 1. The van der Waals surface area contributed by atoms with E-state index in [2.05, 4.69) is 54.9 Å². The number of benzene rings is 3. The largest absolute Gasteiger partial charge is 0.491 e. The van der Waals surface area contributed by atoms with Gasteiger partial charge >= 0.3 is 0 Å². The number of hydrogen-bond donors (Lipinski definition) is 1. The van der Waals surface area contributed by atoms with E-state index in [0.717, 1.165) is 41.0 Å². The molecule has 0 saturated heterocycles. The average molecular weight is 504 g/mol. The van der Waals surface area contributed by atoms with Gasteiger partial charge in [0, 0.05) is 18.0 Å². The highest BCUT2D eigenvalue weighted by atomic mass is 35.5. The first kappa shape index (κ1) is 25.8. The van der Waals surface area contributed by atoms with E-state index < -0.39 is 0 Å². The predicted molar refractivity (Wildman–Crippen MR) is 147 cm³/mol. The minimum absolute atomic E-state index is 0.0123. The maximum absolute atomic E-state index is 12.3. The van der Waals surface area contributed by atoms with Gasteiger partial charge in [0.2, 0.25) is 5.91 Å². The predicted octanol–water partition coefficient (Wildman–Crippen LogP) is 6.49. The van der Waals surface area contributed by atoms with Gasteiger partial charge in [-0.2, -0.15) is 0 Å². The normalized spacial score (nSPS) is 11.2. The molecule has 0 spiro atoms. The van der Waals surface area contributed by atoms with E-state index in [1.54, 1.807) is 12.1 Å². The molecule has 0 bridgehead atoms. The Balaban J connectivity index is 1.36. The minimum atomic E-state index is 0.0123. The van der Waals surface area contributed by atoms with Crippen LogP contribution in [0.2, 0.25) is 5.02 Å². The Labute approximate surface area is 218 Å². The number of nitrogens with zero attached hydrogens (tertiary/aromatic N) is 2. The maximum atomic E-state index is 12.3. The van der Waals surface area contributed by atoms with Gasteiger partial charge in [-0.15, -0.1) is 0 Å². The van der Waals surface area contributed by atoms with Gasteiger partial charge in [0.15, 0.2) is 0 Å². The Morgan fingerprint density at radius 2 is 1.86 bits per heavy atom. The first-order chi connectivity index (χ1) is 17.4. The molecule has 0 aliphatic heterocycles. The van der Waals surface area contributed by atoms with Crippen LogP contribution in [-0.4, -0.2) is 28.6 Å². The highest BCUT2D eigenvalue weighted by molar-refractivity contribution is 6.30. The van der Waals surface area contributed by atoms with Crippen molar-refractivity contribution in [2.75, 3.05) is 13.2 Å².